The molecule has 0 heterocycles. The van der Waals surface area contributed by atoms with Crippen molar-refractivity contribution in [2.45, 2.75) is 70.4 Å². The van der Waals surface area contributed by atoms with Crippen LogP contribution in [0.1, 0.15) is 68.9 Å². The molecule has 0 spiro atoms. The molecule has 27 heavy (non-hydrogen) atoms. The normalized spacial score (nSPS) is 21.1. The summed E-state index contributed by atoms with van der Waals surface area (Å²) in [5.74, 6) is 0.688. The van der Waals surface area contributed by atoms with E-state index in [1.807, 2.05) is 0 Å². The molecule has 0 unspecified atom stereocenters. The zero-order valence-electron chi connectivity index (χ0n) is 15.6. The summed E-state index contributed by atoms with van der Waals surface area (Å²) in [6.07, 6.45) is 7.57. The third kappa shape index (κ3) is 7.74. The van der Waals surface area contributed by atoms with Gasteiger partial charge in [0.1, 0.15) is 6.07 Å². The maximum absolute atomic E-state index is 12.8. The first-order chi connectivity index (χ1) is 12.9. The molecule has 0 radical (unpaired) electrons. The van der Waals surface area contributed by atoms with Crippen LogP contribution in [-0.4, -0.2) is 0 Å². The fourth-order valence-electron chi connectivity index (χ4n) is 3.92. The predicted molar refractivity (Wildman–Crippen MR) is 98.5 cm³/mol. The van der Waals surface area contributed by atoms with Gasteiger partial charge in [0, 0.05) is 0 Å². The molecular weight excluding hydrogens is 354 g/mol. The standard InChI is InChI=1S/C22H27F4N/c23-21(16-27)7-3-6-19-10-8-17(9-11-19)4-1-2-5-18-12-14-20(15-13-18)22(24,25)26/h7,12-15,17,19H,1-6,8-11H2/b21-7-/t17-,19-. The van der Waals surface area contributed by atoms with E-state index in [2.05, 4.69) is 0 Å². The van der Waals surface area contributed by atoms with E-state index in [1.54, 1.807) is 12.1 Å². The first-order valence-electron chi connectivity index (χ1n) is 9.80. The molecule has 1 saturated carbocycles. The molecule has 1 aromatic rings. The number of hydrogen-bond donors (Lipinski definition) is 0. The van der Waals surface area contributed by atoms with Crippen molar-refractivity contribution in [3.05, 3.63) is 47.3 Å². The van der Waals surface area contributed by atoms with E-state index in [0.29, 0.717) is 12.3 Å². The van der Waals surface area contributed by atoms with Crippen molar-refractivity contribution >= 4 is 0 Å². The van der Waals surface area contributed by atoms with Crippen LogP contribution in [0.5, 0.6) is 0 Å². The lowest BCUT2D eigenvalue weighted by molar-refractivity contribution is -0.137. The molecule has 1 aromatic carbocycles. The summed E-state index contributed by atoms with van der Waals surface area (Å²) in [4.78, 5) is 0. The number of aryl methyl sites for hydroxylation is 1. The quantitative estimate of drug-likeness (QED) is 0.262. The molecule has 0 saturated heterocycles. The number of nitrogens with zero attached hydrogens (tertiary/aromatic N) is 1. The van der Waals surface area contributed by atoms with E-state index in [0.717, 1.165) is 49.3 Å². The van der Waals surface area contributed by atoms with Gasteiger partial charge >= 0.3 is 6.18 Å². The van der Waals surface area contributed by atoms with E-state index in [9.17, 15) is 17.6 Å². The Morgan fingerprint density at radius 2 is 1.59 bits per heavy atom. The maximum atomic E-state index is 12.8. The summed E-state index contributed by atoms with van der Waals surface area (Å²) in [5.41, 5.74) is 0.373. The fraction of sp³-hybridized carbons (Fsp3) is 0.591. The molecule has 0 atom stereocenters. The van der Waals surface area contributed by atoms with Crippen molar-refractivity contribution < 1.29 is 17.6 Å². The Kier molecular flexibility index (Phi) is 8.34. The van der Waals surface area contributed by atoms with Crippen LogP contribution in [0.4, 0.5) is 17.6 Å². The number of benzene rings is 1. The van der Waals surface area contributed by atoms with E-state index in [4.69, 9.17) is 5.26 Å². The monoisotopic (exact) mass is 381 g/mol. The lowest BCUT2D eigenvalue weighted by atomic mass is 9.78. The van der Waals surface area contributed by atoms with Gasteiger partial charge in [0.2, 0.25) is 0 Å². The van der Waals surface area contributed by atoms with Gasteiger partial charge in [0.25, 0.3) is 0 Å². The highest BCUT2D eigenvalue weighted by Gasteiger charge is 2.29. The maximum Gasteiger partial charge on any atom is 0.416 e. The Morgan fingerprint density at radius 1 is 1.00 bits per heavy atom. The van der Waals surface area contributed by atoms with E-state index >= 15 is 0 Å². The Hall–Kier alpha value is -1.83. The smallest absolute Gasteiger partial charge is 0.195 e. The average Bonchev–Trinajstić information content (AvgIpc) is 2.66. The Morgan fingerprint density at radius 3 is 2.15 bits per heavy atom. The highest BCUT2D eigenvalue weighted by atomic mass is 19.4. The Labute approximate surface area is 159 Å². The van der Waals surface area contributed by atoms with Crippen molar-refractivity contribution in [2.24, 2.45) is 11.8 Å². The number of allylic oxidation sites excluding steroid dienone is 2. The number of nitriles is 1. The average molecular weight is 381 g/mol. The predicted octanol–water partition coefficient (Wildman–Crippen LogP) is 7.38. The largest absolute Gasteiger partial charge is 0.416 e. The summed E-state index contributed by atoms with van der Waals surface area (Å²) < 4.78 is 50.4. The molecule has 0 N–H and O–H groups in total. The molecule has 0 aromatic heterocycles. The van der Waals surface area contributed by atoms with Crippen LogP contribution in [0.2, 0.25) is 0 Å². The Balaban J connectivity index is 1.59. The second-order valence-electron chi connectivity index (χ2n) is 7.57. The van der Waals surface area contributed by atoms with Gasteiger partial charge in [-0.25, -0.2) is 0 Å². The van der Waals surface area contributed by atoms with E-state index in [1.165, 1.54) is 44.2 Å². The van der Waals surface area contributed by atoms with Gasteiger partial charge < -0.3 is 0 Å². The fourth-order valence-corrected chi connectivity index (χ4v) is 3.92. The topological polar surface area (TPSA) is 23.8 Å². The number of alkyl halides is 3. The molecule has 148 valence electrons. The van der Waals surface area contributed by atoms with Crippen molar-refractivity contribution in [3.63, 3.8) is 0 Å². The number of rotatable bonds is 8. The molecular formula is C22H27F4N. The van der Waals surface area contributed by atoms with Crippen molar-refractivity contribution in [2.75, 3.05) is 0 Å². The van der Waals surface area contributed by atoms with Gasteiger partial charge in [0.05, 0.1) is 5.56 Å². The number of unbranched alkanes of at least 4 members (excludes halogenated alkanes) is 1. The van der Waals surface area contributed by atoms with Gasteiger partial charge in [-0.15, -0.1) is 0 Å². The molecule has 5 heteroatoms. The van der Waals surface area contributed by atoms with Crippen LogP contribution in [0, 0.1) is 23.2 Å². The van der Waals surface area contributed by atoms with Crippen molar-refractivity contribution in [3.8, 4) is 6.07 Å². The van der Waals surface area contributed by atoms with Gasteiger partial charge in [0.15, 0.2) is 5.83 Å². The lowest BCUT2D eigenvalue weighted by Crippen LogP contribution is -2.14. The van der Waals surface area contributed by atoms with Gasteiger partial charge in [-0.05, 0) is 61.3 Å². The van der Waals surface area contributed by atoms with Crippen LogP contribution >= 0.6 is 0 Å². The third-order valence-corrected chi connectivity index (χ3v) is 5.58. The summed E-state index contributed by atoms with van der Waals surface area (Å²) >= 11 is 0. The minimum absolute atomic E-state index is 0.589. The molecule has 1 aliphatic rings. The molecule has 1 aliphatic carbocycles. The van der Waals surface area contributed by atoms with Gasteiger partial charge in [-0.1, -0.05) is 50.7 Å². The Bertz CT molecular complexity index is 632. The zero-order chi connectivity index (χ0) is 19.7. The molecule has 0 amide bonds. The van der Waals surface area contributed by atoms with Crippen molar-refractivity contribution in [1.82, 2.24) is 0 Å². The van der Waals surface area contributed by atoms with Gasteiger partial charge in [-0.2, -0.15) is 22.8 Å². The summed E-state index contributed by atoms with van der Waals surface area (Å²) in [6, 6.07) is 6.99. The summed E-state index contributed by atoms with van der Waals surface area (Å²) in [6.45, 7) is 0. The van der Waals surface area contributed by atoms with Gasteiger partial charge in [-0.3, -0.25) is 0 Å². The van der Waals surface area contributed by atoms with Crippen LogP contribution in [-0.2, 0) is 12.6 Å². The summed E-state index contributed by atoms with van der Waals surface area (Å²) in [7, 11) is 0. The van der Waals surface area contributed by atoms with E-state index < -0.39 is 17.6 Å². The minimum atomic E-state index is -4.27. The highest BCUT2D eigenvalue weighted by Crippen LogP contribution is 2.34. The number of hydrogen-bond acceptors (Lipinski definition) is 1. The zero-order valence-corrected chi connectivity index (χ0v) is 15.6. The second-order valence-corrected chi connectivity index (χ2v) is 7.57. The first-order valence-corrected chi connectivity index (χ1v) is 9.80. The second kappa shape index (κ2) is 10.5. The first kappa shape index (κ1) is 21.5. The van der Waals surface area contributed by atoms with Crippen LogP contribution in [0.15, 0.2) is 36.2 Å². The number of halogens is 4. The molecule has 2 rings (SSSR count). The SMILES string of the molecule is N#C/C(F)=C/CC[C@H]1CC[C@H](CCCCc2ccc(C(F)(F)F)cc2)CC1. The van der Waals surface area contributed by atoms with Crippen LogP contribution in [0.3, 0.4) is 0 Å². The molecule has 1 fully saturated rings. The van der Waals surface area contributed by atoms with E-state index in [-0.39, 0.29) is 0 Å². The summed E-state index contributed by atoms with van der Waals surface area (Å²) in [5, 5.41) is 8.39. The highest BCUT2D eigenvalue weighted by molar-refractivity contribution is 5.24. The lowest BCUT2D eigenvalue weighted by Gasteiger charge is -2.28. The molecule has 0 bridgehead atoms. The molecule has 0 aliphatic heterocycles. The van der Waals surface area contributed by atoms with Crippen LogP contribution < -0.4 is 0 Å². The third-order valence-electron chi connectivity index (χ3n) is 5.58. The van der Waals surface area contributed by atoms with Crippen LogP contribution in [0.25, 0.3) is 0 Å². The molecule has 1 nitrogen and oxygen atoms in total. The van der Waals surface area contributed by atoms with Crippen molar-refractivity contribution in [1.29, 1.82) is 5.26 Å². The minimum Gasteiger partial charge on any atom is -0.195 e.